The highest BCUT2D eigenvalue weighted by molar-refractivity contribution is 5.83. The molecule has 4 saturated carbocycles. The summed E-state index contributed by atoms with van der Waals surface area (Å²) in [6, 6.07) is 0. The Bertz CT molecular complexity index is 517. The number of rotatable bonds is 2. The average molecular weight is 335 g/mol. The van der Waals surface area contributed by atoms with Crippen molar-refractivity contribution in [1.29, 1.82) is 0 Å². The van der Waals surface area contributed by atoms with Crippen molar-refractivity contribution < 1.29 is 15.0 Å². The summed E-state index contributed by atoms with van der Waals surface area (Å²) in [6.07, 6.45) is 10.2. The number of fused-ring (bicyclic) bond motifs is 5. The second kappa shape index (κ2) is 5.81. The minimum absolute atomic E-state index is 0.0773. The van der Waals surface area contributed by atoms with E-state index in [1.165, 1.54) is 32.1 Å². The first-order valence-electron chi connectivity index (χ1n) is 10.2. The van der Waals surface area contributed by atoms with Gasteiger partial charge in [-0.2, -0.15) is 0 Å². The molecule has 0 heterocycles. The molecule has 2 N–H and O–H groups in total. The Morgan fingerprint density at radius 1 is 0.958 bits per heavy atom. The summed E-state index contributed by atoms with van der Waals surface area (Å²) < 4.78 is 0. The number of Topliss-reactive ketones (excluding diaryl/α,β-unsaturated/α-hetero) is 1. The van der Waals surface area contributed by atoms with Crippen LogP contribution in [0.15, 0.2) is 0 Å². The van der Waals surface area contributed by atoms with E-state index in [-0.39, 0.29) is 29.8 Å². The predicted octanol–water partition coefficient (Wildman–Crippen LogP) is 3.57. The maximum atomic E-state index is 12.3. The number of aliphatic hydroxyl groups excluding tert-OH is 2. The van der Waals surface area contributed by atoms with Crippen molar-refractivity contribution in [2.24, 2.45) is 40.4 Å². The molecule has 0 aromatic heterocycles. The van der Waals surface area contributed by atoms with Crippen LogP contribution in [0.2, 0.25) is 0 Å². The molecule has 8 atom stereocenters. The first-order valence-corrected chi connectivity index (χ1v) is 10.2. The van der Waals surface area contributed by atoms with Crippen LogP contribution in [0.1, 0.15) is 71.6 Å². The summed E-state index contributed by atoms with van der Waals surface area (Å²) >= 11 is 0. The second-order valence-electron chi connectivity index (χ2n) is 9.88. The minimum Gasteiger partial charge on any atom is -0.393 e. The SMILES string of the molecule is CC12CC[C@@H](O)CC1CCC1C2CCC2(C)C(C(=O)CO)CCC12. The molecule has 0 aromatic rings. The Kier molecular flexibility index (Phi) is 4.12. The third-order valence-electron chi connectivity index (χ3n) is 9.18. The van der Waals surface area contributed by atoms with E-state index in [9.17, 15) is 15.0 Å². The quantitative estimate of drug-likeness (QED) is 0.812. The molecule has 0 aliphatic heterocycles. The molecule has 0 saturated heterocycles. The summed E-state index contributed by atoms with van der Waals surface area (Å²) in [6.45, 7) is 4.57. The first-order chi connectivity index (χ1) is 11.4. The van der Waals surface area contributed by atoms with Gasteiger partial charge >= 0.3 is 0 Å². The fraction of sp³-hybridized carbons (Fsp3) is 0.952. The van der Waals surface area contributed by atoms with Gasteiger partial charge in [0.1, 0.15) is 6.61 Å². The van der Waals surface area contributed by atoms with Gasteiger partial charge in [-0.25, -0.2) is 0 Å². The van der Waals surface area contributed by atoms with Crippen LogP contribution in [-0.2, 0) is 4.79 Å². The molecule has 0 radical (unpaired) electrons. The Morgan fingerprint density at radius 3 is 2.42 bits per heavy atom. The van der Waals surface area contributed by atoms with Crippen LogP contribution < -0.4 is 0 Å². The number of aliphatic hydroxyl groups is 2. The van der Waals surface area contributed by atoms with Crippen molar-refractivity contribution in [3.63, 3.8) is 0 Å². The standard InChI is InChI=1S/C21H34O3/c1-20-9-7-14(23)11-13(20)3-4-15-16-5-6-18(19(24)12-22)21(16,2)10-8-17(15)20/h13-18,22-23H,3-12H2,1-2H3/t13?,14-,15?,16?,17?,18?,20?,21?/m1/s1. The van der Waals surface area contributed by atoms with Crippen LogP contribution in [-0.4, -0.2) is 28.7 Å². The zero-order valence-electron chi connectivity index (χ0n) is 15.3. The molecule has 0 aromatic carbocycles. The van der Waals surface area contributed by atoms with E-state index in [2.05, 4.69) is 13.8 Å². The second-order valence-corrected chi connectivity index (χ2v) is 9.88. The maximum absolute atomic E-state index is 12.3. The van der Waals surface area contributed by atoms with Gasteiger partial charge in [-0.1, -0.05) is 13.8 Å². The molecule has 3 nitrogen and oxygen atoms in total. The third-order valence-corrected chi connectivity index (χ3v) is 9.18. The van der Waals surface area contributed by atoms with E-state index < -0.39 is 0 Å². The van der Waals surface area contributed by atoms with Crippen LogP contribution >= 0.6 is 0 Å². The lowest BCUT2D eigenvalue weighted by Crippen LogP contribution is -2.54. The molecule has 0 bridgehead atoms. The van der Waals surface area contributed by atoms with Crippen molar-refractivity contribution >= 4 is 5.78 Å². The number of hydrogen-bond donors (Lipinski definition) is 2. The van der Waals surface area contributed by atoms with Crippen molar-refractivity contribution in [2.75, 3.05) is 6.61 Å². The number of hydrogen-bond acceptors (Lipinski definition) is 3. The fourth-order valence-corrected chi connectivity index (χ4v) is 7.87. The van der Waals surface area contributed by atoms with Crippen molar-refractivity contribution in [2.45, 2.75) is 77.7 Å². The molecular formula is C21H34O3. The van der Waals surface area contributed by atoms with Gasteiger partial charge in [-0.15, -0.1) is 0 Å². The summed E-state index contributed by atoms with van der Waals surface area (Å²) in [4.78, 5) is 12.3. The Balaban J connectivity index is 1.60. The van der Waals surface area contributed by atoms with E-state index in [0.29, 0.717) is 17.3 Å². The highest BCUT2D eigenvalue weighted by atomic mass is 16.3. The molecule has 3 heteroatoms. The smallest absolute Gasteiger partial charge is 0.161 e. The molecule has 0 amide bonds. The van der Waals surface area contributed by atoms with Crippen molar-refractivity contribution in [1.82, 2.24) is 0 Å². The van der Waals surface area contributed by atoms with Gasteiger partial charge in [0.05, 0.1) is 6.10 Å². The van der Waals surface area contributed by atoms with Gasteiger partial charge < -0.3 is 10.2 Å². The van der Waals surface area contributed by atoms with Gasteiger partial charge in [0, 0.05) is 5.92 Å². The largest absolute Gasteiger partial charge is 0.393 e. The van der Waals surface area contributed by atoms with Gasteiger partial charge in [0.15, 0.2) is 5.78 Å². The van der Waals surface area contributed by atoms with Gasteiger partial charge in [-0.3, -0.25) is 4.79 Å². The van der Waals surface area contributed by atoms with E-state index in [1.54, 1.807) is 0 Å². The van der Waals surface area contributed by atoms with E-state index in [0.717, 1.165) is 37.5 Å². The molecule has 136 valence electrons. The summed E-state index contributed by atoms with van der Waals surface area (Å²) in [5.41, 5.74) is 0.529. The summed E-state index contributed by atoms with van der Waals surface area (Å²) in [5, 5.41) is 19.5. The van der Waals surface area contributed by atoms with Crippen LogP contribution in [0.3, 0.4) is 0 Å². The lowest BCUT2D eigenvalue weighted by atomic mass is 9.44. The average Bonchev–Trinajstić information content (AvgIpc) is 2.92. The normalized spacial score (nSPS) is 53.8. The van der Waals surface area contributed by atoms with Gasteiger partial charge in [0.25, 0.3) is 0 Å². The topological polar surface area (TPSA) is 57.5 Å². The number of carbonyl (C=O) groups excluding carboxylic acids is 1. The molecule has 4 rings (SSSR count). The fourth-order valence-electron chi connectivity index (χ4n) is 7.87. The zero-order valence-corrected chi connectivity index (χ0v) is 15.3. The molecule has 4 fully saturated rings. The van der Waals surface area contributed by atoms with Gasteiger partial charge in [-0.05, 0) is 92.3 Å². The molecule has 0 spiro atoms. The third kappa shape index (κ3) is 2.26. The predicted molar refractivity (Wildman–Crippen MR) is 93.3 cm³/mol. The van der Waals surface area contributed by atoms with Crippen LogP contribution in [0.5, 0.6) is 0 Å². The van der Waals surface area contributed by atoms with E-state index in [4.69, 9.17) is 0 Å². The van der Waals surface area contributed by atoms with Gasteiger partial charge in [0.2, 0.25) is 0 Å². The first kappa shape index (κ1) is 17.0. The maximum Gasteiger partial charge on any atom is 0.161 e. The molecule has 4 aliphatic rings. The lowest BCUT2D eigenvalue weighted by Gasteiger charge is -2.60. The Hall–Kier alpha value is -0.410. The zero-order chi connectivity index (χ0) is 17.1. The number of carbonyl (C=O) groups is 1. The minimum atomic E-state index is -0.279. The van der Waals surface area contributed by atoms with Crippen LogP contribution in [0.25, 0.3) is 0 Å². The highest BCUT2D eigenvalue weighted by Crippen LogP contribution is 2.67. The molecule has 24 heavy (non-hydrogen) atoms. The Morgan fingerprint density at radius 2 is 1.67 bits per heavy atom. The highest BCUT2D eigenvalue weighted by Gasteiger charge is 2.60. The number of ketones is 1. The summed E-state index contributed by atoms with van der Waals surface area (Å²) in [7, 11) is 0. The van der Waals surface area contributed by atoms with E-state index >= 15 is 0 Å². The van der Waals surface area contributed by atoms with Crippen molar-refractivity contribution in [3.8, 4) is 0 Å². The van der Waals surface area contributed by atoms with Crippen molar-refractivity contribution in [3.05, 3.63) is 0 Å². The molecule has 7 unspecified atom stereocenters. The van der Waals surface area contributed by atoms with Crippen LogP contribution in [0, 0.1) is 40.4 Å². The molecular weight excluding hydrogens is 300 g/mol. The summed E-state index contributed by atoms with van der Waals surface area (Å²) in [5.74, 6) is 3.08. The van der Waals surface area contributed by atoms with Crippen LogP contribution in [0.4, 0.5) is 0 Å². The van der Waals surface area contributed by atoms with E-state index in [1.807, 2.05) is 0 Å². The monoisotopic (exact) mass is 334 g/mol. The lowest BCUT2D eigenvalue weighted by molar-refractivity contribution is -0.141. The Labute approximate surface area is 146 Å². The molecule has 4 aliphatic carbocycles.